The predicted molar refractivity (Wildman–Crippen MR) is 83.9 cm³/mol. The van der Waals surface area contributed by atoms with E-state index in [1.807, 2.05) is 53.8 Å². The van der Waals surface area contributed by atoms with E-state index in [-0.39, 0.29) is 11.6 Å². The van der Waals surface area contributed by atoms with E-state index in [0.717, 1.165) is 11.1 Å². The van der Waals surface area contributed by atoms with E-state index >= 15 is 0 Å². The van der Waals surface area contributed by atoms with Crippen molar-refractivity contribution in [3.63, 3.8) is 0 Å². The zero-order valence-electron chi connectivity index (χ0n) is 10.5. The molecule has 0 bridgehead atoms. The van der Waals surface area contributed by atoms with Crippen molar-refractivity contribution in [2.75, 3.05) is 5.32 Å². The maximum atomic E-state index is 11.5. The first kappa shape index (κ1) is 14.0. The summed E-state index contributed by atoms with van der Waals surface area (Å²) in [4.78, 5) is 18.2. The van der Waals surface area contributed by atoms with Crippen LogP contribution in [0.15, 0.2) is 35.4 Å². The minimum absolute atomic E-state index is 0.0645. The van der Waals surface area contributed by atoms with Crippen LogP contribution in [0.1, 0.15) is 24.1 Å². The average Bonchev–Trinajstić information content (AvgIpc) is 2.44. The zero-order chi connectivity index (χ0) is 13.8. The molecule has 0 aliphatic rings. The fourth-order valence-electron chi connectivity index (χ4n) is 1.71. The summed E-state index contributed by atoms with van der Waals surface area (Å²) >= 11 is 1.98. The van der Waals surface area contributed by atoms with Crippen LogP contribution in [0.2, 0.25) is 0 Å². The third-order valence-electron chi connectivity index (χ3n) is 2.87. The summed E-state index contributed by atoms with van der Waals surface area (Å²) in [5.74, 6) is 0.597. The highest BCUT2D eigenvalue weighted by atomic mass is 127. The molecular formula is C13H15IN4O. The number of nitrogens with zero attached hydrogens (tertiary/aromatic N) is 1. The van der Waals surface area contributed by atoms with Gasteiger partial charge < -0.3 is 16.0 Å². The van der Waals surface area contributed by atoms with Crippen molar-refractivity contribution < 1.29 is 0 Å². The van der Waals surface area contributed by atoms with Gasteiger partial charge >= 0.3 is 0 Å². The SMILES string of the molecule is CC(Nc1nc[nH]c(=O)c1I)c1ccc(CN)cc1. The highest BCUT2D eigenvalue weighted by Crippen LogP contribution is 2.19. The summed E-state index contributed by atoms with van der Waals surface area (Å²) in [5, 5.41) is 3.23. The van der Waals surface area contributed by atoms with Crippen molar-refractivity contribution in [1.29, 1.82) is 0 Å². The summed E-state index contributed by atoms with van der Waals surface area (Å²) in [6, 6.07) is 8.13. The molecule has 0 saturated carbocycles. The molecule has 4 N–H and O–H groups in total. The smallest absolute Gasteiger partial charge is 0.266 e. The van der Waals surface area contributed by atoms with Gasteiger partial charge in [-0.3, -0.25) is 4.79 Å². The van der Waals surface area contributed by atoms with Crippen molar-refractivity contribution in [2.45, 2.75) is 19.5 Å². The Morgan fingerprint density at radius 1 is 1.42 bits per heavy atom. The number of nitrogens with one attached hydrogen (secondary N) is 2. The molecule has 1 aromatic carbocycles. The first-order valence-electron chi connectivity index (χ1n) is 5.90. The van der Waals surface area contributed by atoms with Crippen LogP contribution in [0.25, 0.3) is 0 Å². The lowest BCUT2D eigenvalue weighted by atomic mass is 10.1. The van der Waals surface area contributed by atoms with Gasteiger partial charge in [-0.25, -0.2) is 4.98 Å². The van der Waals surface area contributed by atoms with Gasteiger partial charge in [0.05, 0.1) is 6.33 Å². The number of aromatic amines is 1. The van der Waals surface area contributed by atoms with Gasteiger partial charge in [-0.15, -0.1) is 0 Å². The normalized spacial score (nSPS) is 12.2. The maximum Gasteiger partial charge on any atom is 0.266 e. The summed E-state index contributed by atoms with van der Waals surface area (Å²) in [7, 11) is 0. The van der Waals surface area contributed by atoms with Crippen LogP contribution >= 0.6 is 22.6 Å². The monoisotopic (exact) mass is 370 g/mol. The Balaban J connectivity index is 2.18. The fraction of sp³-hybridized carbons (Fsp3) is 0.231. The number of benzene rings is 1. The molecule has 100 valence electrons. The van der Waals surface area contributed by atoms with E-state index in [1.54, 1.807) is 0 Å². The maximum absolute atomic E-state index is 11.5. The summed E-state index contributed by atoms with van der Waals surface area (Å²) in [6.07, 6.45) is 1.40. The summed E-state index contributed by atoms with van der Waals surface area (Å²) in [5.41, 5.74) is 7.65. The first-order chi connectivity index (χ1) is 9.11. The minimum Gasteiger partial charge on any atom is -0.362 e. The van der Waals surface area contributed by atoms with Gasteiger partial charge in [-0.05, 0) is 40.6 Å². The molecule has 1 aromatic heterocycles. The van der Waals surface area contributed by atoms with Gasteiger partial charge in [0.25, 0.3) is 5.56 Å². The Bertz CT molecular complexity index is 609. The second-order valence-corrected chi connectivity index (χ2v) is 5.28. The molecule has 0 aliphatic carbocycles. The van der Waals surface area contributed by atoms with Crippen LogP contribution in [0.4, 0.5) is 5.82 Å². The molecule has 0 spiro atoms. The van der Waals surface area contributed by atoms with E-state index in [1.165, 1.54) is 6.33 Å². The van der Waals surface area contributed by atoms with Crippen LogP contribution < -0.4 is 16.6 Å². The molecule has 0 fully saturated rings. The highest BCUT2D eigenvalue weighted by molar-refractivity contribution is 14.1. The number of anilines is 1. The Morgan fingerprint density at radius 3 is 2.74 bits per heavy atom. The largest absolute Gasteiger partial charge is 0.362 e. The second kappa shape index (κ2) is 6.16. The summed E-state index contributed by atoms with van der Waals surface area (Å²) in [6.45, 7) is 2.56. The molecule has 1 heterocycles. The van der Waals surface area contributed by atoms with Crippen molar-refractivity contribution in [2.24, 2.45) is 5.73 Å². The van der Waals surface area contributed by atoms with E-state index in [2.05, 4.69) is 15.3 Å². The Hall–Kier alpha value is -1.41. The van der Waals surface area contributed by atoms with Gasteiger partial charge in [-0.1, -0.05) is 24.3 Å². The van der Waals surface area contributed by atoms with Crippen LogP contribution in [0.5, 0.6) is 0 Å². The van der Waals surface area contributed by atoms with Crippen molar-refractivity contribution in [1.82, 2.24) is 9.97 Å². The molecule has 2 rings (SSSR count). The van der Waals surface area contributed by atoms with Crippen molar-refractivity contribution in [3.8, 4) is 0 Å². The molecule has 1 unspecified atom stereocenters. The lowest BCUT2D eigenvalue weighted by Crippen LogP contribution is -2.16. The second-order valence-electron chi connectivity index (χ2n) is 4.21. The number of rotatable bonds is 4. The van der Waals surface area contributed by atoms with Crippen LogP contribution in [-0.4, -0.2) is 9.97 Å². The molecule has 1 atom stereocenters. The van der Waals surface area contributed by atoms with Gasteiger partial charge in [0.15, 0.2) is 0 Å². The average molecular weight is 370 g/mol. The Labute approximate surface area is 124 Å². The molecule has 6 heteroatoms. The van der Waals surface area contributed by atoms with Crippen LogP contribution in [0.3, 0.4) is 0 Å². The minimum atomic E-state index is -0.135. The molecular weight excluding hydrogens is 355 g/mol. The van der Waals surface area contributed by atoms with E-state index in [9.17, 15) is 4.79 Å². The Kier molecular flexibility index (Phi) is 4.54. The first-order valence-corrected chi connectivity index (χ1v) is 6.98. The number of halogens is 1. The molecule has 0 aliphatic heterocycles. The van der Waals surface area contributed by atoms with Crippen molar-refractivity contribution in [3.05, 3.63) is 55.6 Å². The van der Waals surface area contributed by atoms with Gasteiger partial charge in [0.1, 0.15) is 9.39 Å². The lowest BCUT2D eigenvalue weighted by molar-refractivity contribution is 0.865. The van der Waals surface area contributed by atoms with E-state index in [0.29, 0.717) is 15.9 Å². The molecule has 0 amide bonds. The standard InChI is InChI=1S/C13H15IN4O/c1-8(10-4-2-9(6-15)3-5-10)18-12-11(14)13(19)17-7-16-12/h2-5,7-8H,6,15H2,1H3,(H2,16,17,18,19). The molecule has 5 nitrogen and oxygen atoms in total. The zero-order valence-corrected chi connectivity index (χ0v) is 12.6. The number of hydrogen-bond donors (Lipinski definition) is 3. The quantitative estimate of drug-likeness (QED) is 0.719. The number of H-pyrrole nitrogens is 1. The molecule has 0 radical (unpaired) electrons. The topological polar surface area (TPSA) is 83.8 Å². The van der Waals surface area contributed by atoms with E-state index < -0.39 is 0 Å². The molecule has 2 aromatic rings. The summed E-state index contributed by atoms with van der Waals surface area (Å²) < 4.78 is 0.561. The molecule has 19 heavy (non-hydrogen) atoms. The molecule has 0 saturated heterocycles. The number of nitrogens with two attached hydrogens (primary N) is 1. The van der Waals surface area contributed by atoms with Gasteiger partial charge in [0, 0.05) is 12.6 Å². The highest BCUT2D eigenvalue weighted by Gasteiger charge is 2.10. The number of hydrogen-bond acceptors (Lipinski definition) is 4. The van der Waals surface area contributed by atoms with Gasteiger partial charge in [-0.2, -0.15) is 0 Å². The van der Waals surface area contributed by atoms with Crippen LogP contribution in [-0.2, 0) is 6.54 Å². The van der Waals surface area contributed by atoms with E-state index in [4.69, 9.17) is 5.73 Å². The van der Waals surface area contributed by atoms with Gasteiger partial charge in [0.2, 0.25) is 0 Å². The van der Waals surface area contributed by atoms with Crippen molar-refractivity contribution >= 4 is 28.4 Å². The third-order valence-corrected chi connectivity index (χ3v) is 3.87. The van der Waals surface area contributed by atoms with Crippen LogP contribution in [0, 0.1) is 3.57 Å². The Morgan fingerprint density at radius 2 is 2.11 bits per heavy atom. The fourth-order valence-corrected chi connectivity index (χ4v) is 2.17. The predicted octanol–water partition coefficient (Wildman–Crippen LogP) is 2.01. The lowest BCUT2D eigenvalue weighted by Gasteiger charge is -2.15. The number of aromatic nitrogens is 2. The third kappa shape index (κ3) is 3.32.